The summed E-state index contributed by atoms with van der Waals surface area (Å²) in [4.78, 5) is 42.6. The maximum absolute atomic E-state index is 12.4. The molecule has 0 aromatic carbocycles. The third-order valence-electron chi connectivity index (χ3n) is 8.26. The fraction of sp³-hybridized carbons (Fsp3) is 0.769. The van der Waals surface area contributed by atoms with E-state index in [1.54, 1.807) is 0 Å². The maximum Gasteiger partial charge on any atom is 0.236 e. The van der Waals surface area contributed by atoms with Gasteiger partial charge in [-0.25, -0.2) is 4.98 Å². The fourth-order valence-corrected chi connectivity index (χ4v) is 6.20. The molecule has 3 atom stereocenters. The van der Waals surface area contributed by atoms with Crippen LogP contribution in [-0.4, -0.2) is 96.9 Å². The van der Waals surface area contributed by atoms with Gasteiger partial charge in [0.1, 0.15) is 12.3 Å². The molecule has 194 valence electrons. The van der Waals surface area contributed by atoms with Gasteiger partial charge in [-0.15, -0.1) is 0 Å². The van der Waals surface area contributed by atoms with Gasteiger partial charge in [-0.05, 0) is 59.0 Å². The summed E-state index contributed by atoms with van der Waals surface area (Å²) in [6.07, 6.45) is 10.6. The number of likely N-dealkylation sites (N-methyl/N-ethyl adjacent to an activating group) is 2. The van der Waals surface area contributed by atoms with Crippen LogP contribution in [0.5, 0.6) is 0 Å². The summed E-state index contributed by atoms with van der Waals surface area (Å²) in [6, 6.07) is 0.580. The third-order valence-corrected chi connectivity index (χ3v) is 8.26. The molecule has 4 rings (SSSR count). The Morgan fingerprint density at radius 3 is 2.51 bits per heavy atom. The number of nitrogens with one attached hydrogen (secondary N) is 1. The Morgan fingerprint density at radius 1 is 1.23 bits per heavy atom. The molecule has 2 fully saturated rings. The van der Waals surface area contributed by atoms with E-state index in [0.717, 1.165) is 63.0 Å². The largest absolute Gasteiger partial charge is 0.359 e. The lowest BCUT2D eigenvalue weighted by atomic mass is 9.90. The third kappa shape index (κ3) is 5.39. The summed E-state index contributed by atoms with van der Waals surface area (Å²) >= 11 is 0. The summed E-state index contributed by atoms with van der Waals surface area (Å²) < 4.78 is 0. The highest BCUT2D eigenvalue weighted by Crippen LogP contribution is 2.41. The second-order valence-electron chi connectivity index (χ2n) is 10.9. The number of likely N-dealkylation sites (tertiary alicyclic amines) is 1. The minimum absolute atomic E-state index is 0.123. The van der Waals surface area contributed by atoms with E-state index in [0.29, 0.717) is 24.5 Å². The number of rotatable bonds is 8. The Hall–Kier alpha value is -2.42. The molecule has 2 aliphatic heterocycles. The van der Waals surface area contributed by atoms with Gasteiger partial charge >= 0.3 is 0 Å². The van der Waals surface area contributed by atoms with Gasteiger partial charge in [-0.3, -0.25) is 4.79 Å². The standard InChI is InChI=1S/C26H43N7O2/c1-6-21-23(17-34)31(5)22-15-27-26(29-25(22)33(21)20-9-7-8-10-20)28-18(2)19-11-13-32(14-12-19)24(35)16-30(3)4/h15,17-21,23H,6-14,16H2,1-5H3,(H,27,28,29). The van der Waals surface area contributed by atoms with Gasteiger partial charge in [0.15, 0.2) is 5.82 Å². The van der Waals surface area contributed by atoms with Crippen molar-refractivity contribution in [1.82, 2.24) is 19.8 Å². The van der Waals surface area contributed by atoms with Crippen LogP contribution in [0.1, 0.15) is 58.8 Å². The predicted octanol–water partition coefficient (Wildman–Crippen LogP) is 2.62. The molecule has 1 N–H and O–H groups in total. The summed E-state index contributed by atoms with van der Waals surface area (Å²) in [7, 11) is 5.85. The molecule has 3 heterocycles. The van der Waals surface area contributed by atoms with Gasteiger partial charge in [0.25, 0.3) is 0 Å². The molecule has 1 saturated heterocycles. The molecule has 35 heavy (non-hydrogen) atoms. The zero-order chi connectivity index (χ0) is 25.1. The monoisotopic (exact) mass is 485 g/mol. The van der Waals surface area contributed by atoms with Crippen LogP contribution in [0.25, 0.3) is 0 Å². The number of nitrogens with zero attached hydrogens (tertiary/aromatic N) is 6. The average molecular weight is 486 g/mol. The van der Waals surface area contributed by atoms with Gasteiger partial charge in [-0.1, -0.05) is 19.8 Å². The minimum atomic E-state index is -0.185. The van der Waals surface area contributed by atoms with Gasteiger partial charge in [-0.2, -0.15) is 4.98 Å². The number of piperidine rings is 1. The van der Waals surface area contributed by atoms with E-state index < -0.39 is 0 Å². The van der Waals surface area contributed by atoms with Crippen molar-refractivity contribution in [2.24, 2.45) is 5.92 Å². The summed E-state index contributed by atoms with van der Waals surface area (Å²) in [6.45, 7) is 6.44. The van der Waals surface area contributed by atoms with Gasteiger partial charge in [0.2, 0.25) is 11.9 Å². The highest BCUT2D eigenvalue weighted by molar-refractivity contribution is 5.79. The first-order valence-corrected chi connectivity index (χ1v) is 13.4. The van der Waals surface area contributed by atoms with Crippen molar-refractivity contribution in [3.8, 4) is 0 Å². The lowest BCUT2D eigenvalue weighted by molar-refractivity contribution is -0.133. The summed E-state index contributed by atoms with van der Waals surface area (Å²) in [5.74, 6) is 2.29. The van der Waals surface area contributed by atoms with E-state index in [9.17, 15) is 9.59 Å². The minimum Gasteiger partial charge on any atom is -0.359 e. The quantitative estimate of drug-likeness (QED) is 0.563. The van der Waals surface area contributed by atoms with Crippen LogP contribution in [0.15, 0.2) is 6.20 Å². The van der Waals surface area contributed by atoms with Crippen LogP contribution in [0.4, 0.5) is 17.5 Å². The topological polar surface area (TPSA) is 84.9 Å². The van der Waals surface area contributed by atoms with Crippen molar-refractivity contribution < 1.29 is 9.59 Å². The molecule has 1 aliphatic carbocycles. The first-order valence-electron chi connectivity index (χ1n) is 13.4. The van der Waals surface area contributed by atoms with Crippen molar-refractivity contribution >= 4 is 29.6 Å². The maximum atomic E-state index is 12.4. The van der Waals surface area contributed by atoms with E-state index >= 15 is 0 Å². The van der Waals surface area contributed by atoms with E-state index in [1.807, 2.05) is 37.1 Å². The molecule has 0 spiro atoms. The highest BCUT2D eigenvalue weighted by Gasteiger charge is 2.42. The fourth-order valence-electron chi connectivity index (χ4n) is 6.20. The molecule has 1 aromatic heterocycles. The first-order chi connectivity index (χ1) is 16.8. The Kier molecular flexibility index (Phi) is 8.14. The number of hydrogen-bond donors (Lipinski definition) is 1. The predicted molar refractivity (Wildman–Crippen MR) is 140 cm³/mol. The SMILES string of the molecule is CCC1C(C=O)N(C)c2cnc(NC(C)C3CCN(C(=O)CN(C)C)CC3)nc2N1C1CCCC1. The van der Waals surface area contributed by atoms with Crippen LogP contribution in [0, 0.1) is 5.92 Å². The van der Waals surface area contributed by atoms with E-state index in [-0.39, 0.29) is 24.0 Å². The van der Waals surface area contributed by atoms with E-state index in [4.69, 9.17) is 4.98 Å². The van der Waals surface area contributed by atoms with Crippen LogP contribution >= 0.6 is 0 Å². The molecule has 0 bridgehead atoms. The second kappa shape index (κ2) is 11.1. The van der Waals surface area contributed by atoms with Gasteiger partial charge < -0.3 is 29.7 Å². The zero-order valence-electron chi connectivity index (χ0n) is 22.1. The molecule has 1 saturated carbocycles. The Bertz CT molecular complexity index is 880. The smallest absolute Gasteiger partial charge is 0.236 e. The molecule has 3 unspecified atom stereocenters. The normalized spacial score (nSPS) is 24.6. The Balaban J connectivity index is 1.48. The van der Waals surface area contributed by atoms with Gasteiger partial charge in [0, 0.05) is 32.2 Å². The molecular weight excluding hydrogens is 442 g/mol. The molecule has 9 heteroatoms. The van der Waals surface area contributed by atoms with Crippen molar-refractivity contribution in [1.29, 1.82) is 0 Å². The van der Waals surface area contributed by atoms with Crippen molar-refractivity contribution in [2.75, 3.05) is 55.9 Å². The van der Waals surface area contributed by atoms with Crippen LogP contribution in [0.3, 0.4) is 0 Å². The average Bonchev–Trinajstić information content (AvgIpc) is 3.37. The molecular formula is C26H43N7O2. The second-order valence-corrected chi connectivity index (χ2v) is 10.9. The van der Waals surface area contributed by atoms with Crippen molar-refractivity contribution in [3.63, 3.8) is 0 Å². The molecule has 1 amide bonds. The number of amides is 1. The number of anilines is 3. The number of carbonyl (C=O) groups is 2. The molecule has 0 radical (unpaired) electrons. The van der Waals surface area contributed by atoms with Crippen molar-refractivity contribution in [2.45, 2.75) is 83.0 Å². The van der Waals surface area contributed by atoms with Crippen LogP contribution in [-0.2, 0) is 9.59 Å². The zero-order valence-corrected chi connectivity index (χ0v) is 22.1. The summed E-state index contributed by atoms with van der Waals surface area (Å²) in [5.41, 5.74) is 0.935. The molecule has 3 aliphatic rings. The number of aromatic nitrogens is 2. The van der Waals surface area contributed by atoms with E-state index in [1.165, 1.54) is 12.8 Å². The number of fused-ring (bicyclic) bond motifs is 1. The van der Waals surface area contributed by atoms with Crippen molar-refractivity contribution in [3.05, 3.63) is 6.20 Å². The van der Waals surface area contributed by atoms with Crippen LogP contribution < -0.4 is 15.1 Å². The first kappa shape index (κ1) is 25.7. The molecule has 1 aromatic rings. The van der Waals surface area contributed by atoms with Crippen LogP contribution in [0.2, 0.25) is 0 Å². The lowest BCUT2D eigenvalue weighted by Crippen LogP contribution is -2.58. The lowest BCUT2D eigenvalue weighted by Gasteiger charge is -2.48. The summed E-state index contributed by atoms with van der Waals surface area (Å²) in [5, 5.41) is 3.57. The molecule has 9 nitrogen and oxygen atoms in total. The number of aldehydes is 1. The number of carbonyl (C=O) groups excluding carboxylic acids is 2. The van der Waals surface area contributed by atoms with Gasteiger partial charge in [0.05, 0.1) is 24.5 Å². The highest BCUT2D eigenvalue weighted by atomic mass is 16.2. The van der Waals surface area contributed by atoms with E-state index in [2.05, 4.69) is 33.9 Å². The number of hydrogen-bond acceptors (Lipinski definition) is 8. The Labute approximate surface area is 210 Å². The Morgan fingerprint density at radius 2 is 1.91 bits per heavy atom.